The summed E-state index contributed by atoms with van der Waals surface area (Å²) in [6.45, 7) is -0.386. The summed E-state index contributed by atoms with van der Waals surface area (Å²) >= 11 is 0. The van der Waals surface area contributed by atoms with E-state index in [1.807, 2.05) is 0 Å². The van der Waals surface area contributed by atoms with E-state index in [0.717, 1.165) is 4.90 Å². The highest BCUT2D eigenvalue weighted by Gasteiger charge is 2.33. The lowest BCUT2D eigenvalue weighted by molar-refractivity contribution is -0.151. The molecule has 2 rings (SSSR count). The maximum absolute atomic E-state index is 12.7. The second kappa shape index (κ2) is 5.79. The first-order valence-electron chi connectivity index (χ1n) is 6.12. The van der Waals surface area contributed by atoms with E-state index in [1.165, 1.54) is 24.3 Å². The number of amides is 3. The van der Waals surface area contributed by atoms with Gasteiger partial charge in [-0.05, 0) is 30.7 Å². The topological polar surface area (TPSA) is 92.5 Å². The molecule has 7 heteroatoms. The van der Waals surface area contributed by atoms with Gasteiger partial charge in [-0.1, -0.05) is 0 Å². The monoisotopic (exact) mass is 279 g/mol. The highest BCUT2D eigenvalue weighted by atomic mass is 19.1. The molecular formula is C13H14FN3O3. The largest absolute Gasteiger partial charge is 0.325 e. The van der Waals surface area contributed by atoms with Gasteiger partial charge in [-0.15, -0.1) is 0 Å². The minimum atomic E-state index is -0.744. The molecule has 3 amide bonds. The van der Waals surface area contributed by atoms with Crippen LogP contribution < -0.4 is 11.1 Å². The molecule has 1 aromatic carbocycles. The Morgan fingerprint density at radius 2 is 2.00 bits per heavy atom. The smallest absolute Gasteiger partial charge is 0.246 e. The lowest BCUT2D eigenvalue weighted by Gasteiger charge is -2.28. The zero-order chi connectivity index (χ0) is 14.7. The molecule has 1 aromatic rings. The van der Waals surface area contributed by atoms with Gasteiger partial charge in [0, 0.05) is 12.1 Å². The molecule has 0 spiro atoms. The lowest BCUT2D eigenvalue weighted by atomic mass is 10.1. The number of nitrogens with one attached hydrogen (secondary N) is 1. The highest BCUT2D eigenvalue weighted by Crippen LogP contribution is 2.12. The van der Waals surface area contributed by atoms with Crippen molar-refractivity contribution < 1.29 is 18.8 Å². The Labute approximate surface area is 114 Å². The normalized spacial score (nSPS) is 19.1. The quantitative estimate of drug-likeness (QED) is 0.775. The minimum absolute atomic E-state index is 0.150. The van der Waals surface area contributed by atoms with Crippen molar-refractivity contribution >= 4 is 23.4 Å². The van der Waals surface area contributed by atoms with Crippen LogP contribution in [0.4, 0.5) is 10.1 Å². The van der Waals surface area contributed by atoms with Gasteiger partial charge in [-0.2, -0.15) is 0 Å². The molecule has 0 aromatic heterocycles. The van der Waals surface area contributed by atoms with Gasteiger partial charge in [0.15, 0.2) is 0 Å². The highest BCUT2D eigenvalue weighted by molar-refractivity contribution is 6.05. The van der Waals surface area contributed by atoms with Crippen LogP contribution in [0.3, 0.4) is 0 Å². The van der Waals surface area contributed by atoms with Crippen LogP contribution >= 0.6 is 0 Å². The van der Waals surface area contributed by atoms with E-state index in [4.69, 9.17) is 5.73 Å². The van der Waals surface area contributed by atoms with Gasteiger partial charge in [-0.3, -0.25) is 19.3 Å². The third-order valence-corrected chi connectivity index (χ3v) is 2.98. The van der Waals surface area contributed by atoms with Gasteiger partial charge in [0.2, 0.25) is 17.7 Å². The van der Waals surface area contributed by atoms with Crippen LogP contribution in [0, 0.1) is 5.82 Å². The van der Waals surface area contributed by atoms with E-state index in [9.17, 15) is 18.8 Å². The molecule has 1 heterocycles. The number of hydrogen-bond acceptors (Lipinski definition) is 4. The SMILES string of the molecule is NC1CCC(=O)N(CC(=O)Nc2ccc(F)cc2)C1=O. The molecule has 20 heavy (non-hydrogen) atoms. The second-order valence-corrected chi connectivity index (χ2v) is 4.52. The number of carbonyl (C=O) groups excluding carboxylic acids is 3. The Bertz CT molecular complexity index is 544. The molecule has 0 radical (unpaired) electrons. The standard InChI is InChI=1S/C13H14FN3O3/c14-8-1-3-9(4-2-8)16-11(18)7-17-12(19)6-5-10(15)13(17)20/h1-4,10H,5-7,15H2,(H,16,18). The minimum Gasteiger partial charge on any atom is -0.325 e. The van der Waals surface area contributed by atoms with E-state index in [-0.39, 0.29) is 13.0 Å². The number of hydrogen-bond donors (Lipinski definition) is 2. The van der Waals surface area contributed by atoms with Crippen molar-refractivity contribution in [2.45, 2.75) is 18.9 Å². The van der Waals surface area contributed by atoms with E-state index < -0.39 is 29.6 Å². The molecule has 1 unspecified atom stereocenters. The summed E-state index contributed by atoms with van der Waals surface area (Å²) in [5, 5.41) is 2.48. The van der Waals surface area contributed by atoms with Gasteiger partial charge in [-0.25, -0.2) is 4.39 Å². The van der Waals surface area contributed by atoms with Crippen LogP contribution in [0.25, 0.3) is 0 Å². The summed E-state index contributed by atoms with van der Waals surface area (Å²) in [5.74, 6) is -1.91. The molecule has 0 bridgehead atoms. The molecule has 6 nitrogen and oxygen atoms in total. The first kappa shape index (κ1) is 14.1. The Morgan fingerprint density at radius 3 is 2.65 bits per heavy atom. The van der Waals surface area contributed by atoms with Gasteiger partial charge in [0.1, 0.15) is 12.4 Å². The van der Waals surface area contributed by atoms with E-state index in [0.29, 0.717) is 12.1 Å². The van der Waals surface area contributed by atoms with Crippen molar-refractivity contribution in [3.8, 4) is 0 Å². The van der Waals surface area contributed by atoms with Crippen molar-refractivity contribution in [3.63, 3.8) is 0 Å². The summed E-state index contributed by atoms with van der Waals surface area (Å²) in [6.07, 6.45) is 0.449. The second-order valence-electron chi connectivity index (χ2n) is 4.52. The van der Waals surface area contributed by atoms with Crippen molar-refractivity contribution in [1.82, 2.24) is 4.90 Å². The number of nitrogens with two attached hydrogens (primary N) is 1. The van der Waals surface area contributed by atoms with Gasteiger partial charge in [0.25, 0.3) is 0 Å². The molecule has 3 N–H and O–H groups in total. The molecule has 1 saturated heterocycles. The lowest BCUT2D eigenvalue weighted by Crippen LogP contribution is -2.53. The van der Waals surface area contributed by atoms with Crippen molar-refractivity contribution in [1.29, 1.82) is 0 Å². The number of likely N-dealkylation sites (tertiary alicyclic amines) is 1. The Hall–Kier alpha value is -2.28. The Morgan fingerprint density at radius 1 is 1.35 bits per heavy atom. The van der Waals surface area contributed by atoms with Crippen molar-refractivity contribution in [3.05, 3.63) is 30.1 Å². The molecule has 106 valence electrons. The third-order valence-electron chi connectivity index (χ3n) is 2.98. The van der Waals surface area contributed by atoms with Gasteiger partial charge in [0.05, 0.1) is 6.04 Å². The Kier molecular flexibility index (Phi) is 4.09. The maximum Gasteiger partial charge on any atom is 0.246 e. The summed E-state index contributed by atoms with van der Waals surface area (Å²) in [7, 11) is 0. The summed E-state index contributed by atoms with van der Waals surface area (Å²) < 4.78 is 12.7. The molecule has 1 aliphatic rings. The van der Waals surface area contributed by atoms with Crippen LogP contribution in [0.1, 0.15) is 12.8 Å². The van der Waals surface area contributed by atoms with Crippen LogP contribution in [-0.2, 0) is 14.4 Å². The summed E-state index contributed by atoms with van der Waals surface area (Å²) in [6, 6.07) is 4.43. The number of nitrogens with zero attached hydrogens (tertiary/aromatic N) is 1. The number of piperidine rings is 1. The predicted molar refractivity (Wildman–Crippen MR) is 69.0 cm³/mol. The third kappa shape index (κ3) is 3.18. The van der Waals surface area contributed by atoms with Crippen LogP contribution in [0.5, 0.6) is 0 Å². The number of halogens is 1. The Balaban J connectivity index is 1.98. The fourth-order valence-corrected chi connectivity index (χ4v) is 1.90. The number of carbonyl (C=O) groups is 3. The predicted octanol–water partition coefficient (Wildman–Crippen LogP) is 0.240. The van der Waals surface area contributed by atoms with Crippen LogP contribution in [-0.4, -0.2) is 35.2 Å². The first-order chi connectivity index (χ1) is 9.47. The van der Waals surface area contributed by atoms with Crippen LogP contribution in [0.15, 0.2) is 24.3 Å². The fraction of sp³-hybridized carbons (Fsp3) is 0.308. The molecular weight excluding hydrogens is 265 g/mol. The summed E-state index contributed by atoms with van der Waals surface area (Å²) in [5.41, 5.74) is 5.95. The van der Waals surface area contributed by atoms with E-state index in [1.54, 1.807) is 0 Å². The zero-order valence-electron chi connectivity index (χ0n) is 10.6. The molecule has 0 saturated carbocycles. The van der Waals surface area contributed by atoms with Gasteiger partial charge >= 0.3 is 0 Å². The first-order valence-corrected chi connectivity index (χ1v) is 6.12. The number of anilines is 1. The molecule has 1 fully saturated rings. The van der Waals surface area contributed by atoms with Gasteiger partial charge < -0.3 is 11.1 Å². The van der Waals surface area contributed by atoms with E-state index in [2.05, 4.69) is 5.32 Å². The number of benzene rings is 1. The zero-order valence-corrected chi connectivity index (χ0v) is 10.6. The number of rotatable bonds is 3. The van der Waals surface area contributed by atoms with Crippen LogP contribution in [0.2, 0.25) is 0 Å². The maximum atomic E-state index is 12.7. The van der Waals surface area contributed by atoms with Crippen molar-refractivity contribution in [2.24, 2.45) is 5.73 Å². The number of imide groups is 1. The van der Waals surface area contributed by atoms with Crippen molar-refractivity contribution in [2.75, 3.05) is 11.9 Å². The fourth-order valence-electron chi connectivity index (χ4n) is 1.90. The van der Waals surface area contributed by atoms with E-state index >= 15 is 0 Å². The molecule has 0 aliphatic carbocycles. The average Bonchev–Trinajstić information content (AvgIpc) is 2.42. The average molecular weight is 279 g/mol. The molecule has 1 atom stereocenters. The molecule has 1 aliphatic heterocycles. The summed E-state index contributed by atoms with van der Waals surface area (Å²) in [4.78, 5) is 35.9.